The van der Waals surface area contributed by atoms with Crippen LogP contribution in [-0.4, -0.2) is 30.5 Å². The minimum absolute atomic E-state index is 0.198. The summed E-state index contributed by atoms with van der Waals surface area (Å²) in [5.41, 5.74) is 6.52. The van der Waals surface area contributed by atoms with Gasteiger partial charge in [0.25, 0.3) is 0 Å². The van der Waals surface area contributed by atoms with Crippen molar-refractivity contribution in [3.8, 4) is 5.75 Å². The summed E-state index contributed by atoms with van der Waals surface area (Å²) in [6, 6.07) is 7.90. The van der Waals surface area contributed by atoms with Crippen LogP contribution in [0.2, 0.25) is 0 Å². The monoisotopic (exact) mass is 248 g/mol. The van der Waals surface area contributed by atoms with Crippen LogP contribution in [0.15, 0.2) is 24.3 Å². The van der Waals surface area contributed by atoms with Crippen LogP contribution in [0.4, 0.5) is 0 Å². The van der Waals surface area contributed by atoms with Crippen LogP contribution in [0.5, 0.6) is 5.75 Å². The Labute approximate surface area is 108 Å². The van der Waals surface area contributed by atoms with E-state index in [0.29, 0.717) is 32.7 Å². The zero-order valence-electron chi connectivity index (χ0n) is 10.6. The largest absolute Gasteiger partial charge is 0.491 e. The Morgan fingerprint density at radius 1 is 1.33 bits per heavy atom. The molecule has 18 heavy (non-hydrogen) atoms. The van der Waals surface area contributed by atoms with E-state index in [0.717, 1.165) is 24.2 Å². The number of nitrogens with two attached hydrogens (primary N) is 1. The van der Waals surface area contributed by atoms with E-state index in [9.17, 15) is 4.79 Å². The van der Waals surface area contributed by atoms with Crippen molar-refractivity contribution < 1.29 is 9.53 Å². The highest BCUT2D eigenvalue weighted by atomic mass is 16.5. The molecule has 0 spiro atoms. The predicted molar refractivity (Wildman–Crippen MR) is 70.3 cm³/mol. The second kappa shape index (κ2) is 6.40. The molecule has 1 aliphatic heterocycles. The quantitative estimate of drug-likeness (QED) is 0.822. The van der Waals surface area contributed by atoms with Crippen LogP contribution in [0, 0.1) is 0 Å². The zero-order valence-corrected chi connectivity index (χ0v) is 10.6. The lowest BCUT2D eigenvalue weighted by atomic mass is 10.1. The zero-order chi connectivity index (χ0) is 12.8. The molecule has 2 rings (SSSR count). The third kappa shape index (κ3) is 3.23. The van der Waals surface area contributed by atoms with Crippen molar-refractivity contribution in [2.75, 3.05) is 19.7 Å². The normalized spacial score (nSPS) is 14.6. The second-order valence-electron chi connectivity index (χ2n) is 4.52. The van der Waals surface area contributed by atoms with Gasteiger partial charge in [0.15, 0.2) is 0 Å². The Kier molecular flexibility index (Phi) is 4.59. The number of rotatable bonds is 4. The molecule has 0 aliphatic carbocycles. The molecule has 0 fully saturated rings. The molecule has 98 valence electrons. The summed E-state index contributed by atoms with van der Waals surface area (Å²) in [5.74, 6) is 1.10. The van der Waals surface area contributed by atoms with Crippen LogP contribution in [0.1, 0.15) is 24.8 Å². The molecule has 0 atom stereocenters. The van der Waals surface area contributed by atoms with Gasteiger partial charge in [0.2, 0.25) is 5.91 Å². The summed E-state index contributed by atoms with van der Waals surface area (Å²) in [7, 11) is 0. The molecular formula is C14H20N2O2. The Balaban J connectivity index is 1.97. The van der Waals surface area contributed by atoms with Crippen LogP contribution >= 0.6 is 0 Å². The maximum absolute atomic E-state index is 12.1. The molecule has 0 unspecified atom stereocenters. The summed E-state index contributed by atoms with van der Waals surface area (Å²) in [6.45, 7) is 2.53. The van der Waals surface area contributed by atoms with Gasteiger partial charge >= 0.3 is 0 Å². The number of carbonyl (C=O) groups is 1. The van der Waals surface area contributed by atoms with Crippen molar-refractivity contribution in [1.29, 1.82) is 0 Å². The molecule has 1 aromatic rings. The van der Waals surface area contributed by atoms with Gasteiger partial charge in [-0.2, -0.15) is 0 Å². The average molecular weight is 248 g/mol. The maximum atomic E-state index is 12.1. The average Bonchev–Trinajstić information content (AvgIpc) is 2.61. The van der Waals surface area contributed by atoms with Crippen molar-refractivity contribution in [2.24, 2.45) is 5.73 Å². The lowest BCUT2D eigenvalue weighted by molar-refractivity contribution is -0.132. The molecule has 1 aromatic carbocycles. The molecule has 0 saturated carbocycles. The van der Waals surface area contributed by atoms with E-state index in [1.54, 1.807) is 0 Å². The fourth-order valence-corrected chi connectivity index (χ4v) is 2.12. The van der Waals surface area contributed by atoms with Gasteiger partial charge in [-0.25, -0.2) is 0 Å². The van der Waals surface area contributed by atoms with Gasteiger partial charge < -0.3 is 15.4 Å². The number of fused-ring (bicyclic) bond motifs is 1. The molecule has 1 heterocycles. The van der Waals surface area contributed by atoms with Crippen molar-refractivity contribution in [3.05, 3.63) is 29.8 Å². The Morgan fingerprint density at radius 3 is 3.00 bits per heavy atom. The number of unbranched alkanes of at least 4 members (excludes halogenated alkanes) is 1. The highest BCUT2D eigenvalue weighted by Crippen LogP contribution is 2.22. The van der Waals surface area contributed by atoms with Gasteiger partial charge in [0.1, 0.15) is 12.4 Å². The molecule has 1 amide bonds. The minimum Gasteiger partial charge on any atom is -0.491 e. The summed E-state index contributed by atoms with van der Waals surface area (Å²) in [4.78, 5) is 13.9. The van der Waals surface area contributed by atoms with Crippen molar-refractivity contribution >= 4 is 5.91 Å². The Morgan fingerprint density at radius 2 is 2.17 bits per heavy atom. The molecule has 0 aromatic heterocycles. The molecule has 4 nitrogen and oxygen atoms in total. The summed E-state index contributed by atoms with van der Waals surface area (Å²) >= 11 is 0. The van der Waals surface area contributed by atoms with Gasteiger partial charge in [-0.1, -0.05) is 18.2 Å². The van der Waals surface area contributed by atoms with Crippen molar-refractivity contribution in [1.82, 2.24) is 4.90 Å². The number of hydrogen-bond donors (Lipinski definition) is 1. The first-order valence-corrected chi connectivity index (χ1v) is 6.50. The van der Waals surface area contributed by atoms with Gasteiger partial charge in [0, 0.05) is 18.5 Å². The van der Waals surface area contributed by atoms with Crippen LogP contribution in [0.25, 0.3) is 0 Å². The molecule has 0 bridgehead atoms. The molecule has 2 N–H and O–H groups in total. The van der Waals surface area contributed by atoms with Gasteiger partial charge in [-0.3, -0.25) is 4.79 Å². The lowest BCUT2D eigenvalue weighted by Crippen LogP contribution is -2.32. The van der Waals surface area contributed by atoms with E-state index < -0.39 is 0 Å². The number of para-hydroxylation sites is 1. The first-order chi connectivity index (χ1) is 8.81. The molecular weight excluding hydrogens is 228 g/mol. The van der Waals surface area contributed by atoms with E-state index in [2.05, 4.69) is 0 Å². The fourth-order valence-electron chi connectivity index (χ4n) is 2.12. The van der Waals surface area contributed by atoms with Crippen LogP contribution in [0.3, 0.4) is 0 Å². The summed E-state index contributed by atoms with van der Waals surface area (Å²) in [6.07, 6.45) is 2.36. The summed E-state index contributed by atoms with van der Waals surface area (Å²) in [5, 5.41) is 0. The standard InChI is InChI=1S/C14H20N2O2/c15-8-4-3-7-14(17)16-9-10-18-13-6-2-1-5-12(13)11-16/h1-2,5-6H,3-4,7-11,15H2. The number of carbonyl (C=O) groups excluding carboxylic acids is 1. The second-order valence-corrected chi connectivity index (χ2v) is 4.52. The molecule has 0 radical (unpaired) electrons. The maximum Gasteiger partial charge on any atom is 0.222 e. The lowest BCUT2D eigenvalue weighted by Gasteiger charge is -2.19. The first kappa shape index (κ1) is 12.9. The van der Waals surface area contributed by atoms with Crippen molar-refractivity contribution in [3.63, 3.8) is 0 Å². The third-order valence-electron chi connectivity index (χ3n) is 3.15. The number of ether oxygens (including phenoxy) is 1. The first-order valence-electron chi connectivity index (χ1n) is 6.50. The topological polar surface area (TPSA) is 55.6 Å². The van der Waals surface area contributed by atoms with E-state index >= 15 is 0 Å². The SMILES string of the molecule is NCCCCC(=O)N1CCOc2ccccc2C1. The Hall–Kier alpha value is -1.55. The number of amides is 1. The molecule has 0 saturated heterocycles. The van der Waals surface area contributed by atoms with E-state index in [1.807, 2.05) is 29.2 Å². The van der Waals surface area contributed by atoms with Gasteiger partial charge in [-0.15, -0.1) is 0 Å². The van der Waals surface area contributed by atoms with E-state index in [4.69, 9.17) is 10.5 Å². The van der Waals surface area contributed by atoms with Crippen LogP contribution in [-0.2, 0) is 11.3 Å². The smallest absolute Gasteiger partial charge is 0.222 e. The van der Waals surface area contributed by atoms with Gasteiger partial charge in [0.05, 0.1) is 6.54 Å². The molecule has 4 heteroatoms. The Bertz CT molecular complexity index is 407. The van der Waals surface area contributed by atoms with E-state index in [-0.39, 0.29) is 5.91 Å². The van der Waals surface area contributed by atoms with E-state index in [1.165, 1.54) is 0 Å². The minimum atomic E-state index is 0.198. The number of benzene rings is 1. The number of hydrogen-bond acceptors (Lipinski definition) is 3. The number of nitrogens with zero attached hydrogens (tertiary/aromatic N) is 1. The third-order valence-corrected chi connectivity index (χ3v) is 3.15. The highest BCUT2D eigenvalue weighted by Gasteiger charge is 2.18. The summed E-state index contributed by atoms with van der Waals surface area (Å²) < 4.78 is 5.64. The van der Waals surface area contributed by atoms with Gasteiger partial charge in [-0.05, 0) is 25.5 Å². The fraction of sp³-hybridized carbons (Fsp3) is 0.500. The predicted octanol–water partition coefficient (Wildman–Crippen LogP) is 1.54. The molecule has 1 aliphatic rings. The van der Waals surface area contributed by atoms with Crippen LogP contribution < -0.4 is 10.5 Å². The van der Waals surface area contributed by atoms with Crippen molar-refractivity contribution in [2.45, 2.75) is 25.8 Å². The highest BCUT2D eigenvalue weighted by molar-refractivity contribution is 5.76.